The second-order valence-corrected chi connectivity index (χ2v) is 6.53. The minimum Gasteiger partial charge on any atom is -0.481 e. The average molecular weight is 361 g/mol. The number of carbonyl (C=O) groups excluding carboxylic acids is 1. The van der Waals surface area contributed by atoms with Gasteiger partial charge < -0.3 is 15.3 Å². The third-order valence-electron chi connectivity index (χ3n) is 3.94. The summed E-state index contributed by atoms with van der Waals surface area (Å²) in [5.74, 6) is -1.55. The number of urea groups is 1. The van der Waals surface area contributed by atoms with E-state index in [1.165, 1.54) is 4.90 Å². The van der Waals surface area contributed by atoms with Gasteiger partial charge in [0.15, 0.2) is 0 Å². The first-order chi connectivity index (χ1) is 11.8. The number of carbonyl (C=O) groups is 2. The first kappa shape index (κ1) is 18.8. The van der Waals surface area contributed by atoms with Crippen molar-refractivity contribution in [2.75, 3.05) is 18.9 Å². The molecule has 2 N–H and O–H groups in total. The van der Waals surface area contributed by atoms with Crippen LogP contribution in [0.3, 0.4) is 0 Å². The van der Waals surface area contributed by atoms with Crippen molar-refractivity contribution in [2.45, 2.75) is 13.8 Å². The Kier molecular flexibility index (Phi) is 6.04. The third-order valence-corrected chi connectivity index (χ3v) is 4.18. The molecule has 0 radical (unpaired) electrons. The van der Waals surface area contributed by atoms with E-state index in [4.69, 9.17) is 16.7 Å². The summed E-state index contributed by atoms with van der Waals surface area (Å²) in [4.78, 5) is 24.5. The lowest BCUT2D eigenvalue weighted by Gasteiger charge is -2.21. The molecule has 1 unspecified atom stereocenters. The number of hydrogen-bond donors (Lipinski definition) is 2. The quantitative estimate of drug-likeness (QED) is 0.824. The molecule has 6 heteroatoms. The number of benzene rings is 2. The summed E-state index contributed by atoms with van der Waals surface area (Å²) in [6.07, 6.45) is 0. The summed E-state index contributed by atoms with van der Waals surface area (Å²) in [6.45, 7) is 3.61. The zero-order chi connectivity index (χ0) is 18.6. The van der Waals surface area contributed by atoms with Crippen molar-refractivity contribution >= 4 is 29.3 Å². The van der Waals surface area contributed by atoms with Crippen molar-refractivity contribution in [3.63, 3.8) is 0 Å². The molecule has 0 saturated heterocycles. The monoisotopic (exact) mass is 360 g/mol. The van der Waals surface area contributed by atoms with E-state index in [1.807, 2.05) is 49.4 Å². The molecule has 0 saturated carbocycles. The summed E-state index contributed by atoms with van der Waals surface area (Å²) in [6, 6.07) is 12.9. The minimum absolute atomic E-state index is 0.140. The average Bonchev–Trinajstić information content (AvgIpc) is 2.56. The van der Waals surface area contributed by atoms with Gasteiger partial charge in [-0.1, -0.05) is 36.7 Å². The Morgan fingerprint density at radius 1 is 1.20 bits per heavy atom. The molecule has 1 atom stereocenters. The zero-order valence-corrected chi connectivity index (χ0v) is 15.2. The van der Waals surface area contributed by atoms with E-state index >= 15 is 0 Å². The van der Waals surface area contributed by atoms with Crippen LogP contribution >= 0.6 is 11.6 Å². The Balaban J connectivity index is 2.10. The van der Waals surface area contributed by atoms with E-state index in [9.17, 15) is 9.59 Å². The minimum atomic E-state index is -0.929. The smallest absolute Gasteiger partial charge is 0.321 e. The number of aliphatic carboxylic acids is 1. The number of amides is 2. The molecule has 25 heavy (non-hydrogen) atoms. The lowest BCUT2D eigenvalue weighted by Crippen LogP contribution is -2.36. The highest BCUT2D eigenvalue weighted by Crippen LogP contribution is 2.26. The third kappa shape index (κ3) is 4.97. The van der Waals surface area contributed by atoms with Crippen LogP contribution < -0.4 is 5.32 Å². The van der Waals surface area contributed by atoms with Crippen LogP contribution in [0.5, 0.6) is 0 Å². The second-order valence-electron chi connectivity index (χ2n) is 6.09. The van der Waals surface area contributed by atoms with Gasteiger partial charge >= 0.3 is 12.0 Å². The van der Waals surface area contributed by atoms with Gasteiger partial charge in [0, 0.05) is 24.3 Å². The number of anilines is 1. The van der Waals surface area contributed by atoms with Crippen LogP contribution in [-0.4, -0.2) is 35.6 Å². The molecule has 0 heterocycles. The van der Waals surface area contributed by atoms with Gasteiger partial charge in [-0.2, -0.15) is 0 Å². The number of halogens is 1. The number of nitrogens with zero attached hydrogens (tertiary/aromatic N) is 1. The van der Waals surface area contributed by atoms with Gasteiger partial charge in [0.1, 0.15) is 0 Å². The van der Waals surface area contributed by atoms with Crippen molar-refractivity contribution < 1.29 is 14.7 Å². The van der Waals surface area contributed by atoms with Crippen LogP contribution in [0, 0.1) is 12.8 Å². The molecule has 132 valence electrons. The van der Waals surface area contributed by atoms with Gasteiger partial charge in [-0.15, -0.1) is 0 Å². The van der Waals surface area contributed by atoms with E-state index in [1.54, 1.807) is 14.0 Å². The summed E-state index contributed by atoms with van der Waals surface area (Å²) >= 11 is 6.03. The van der Waals surface area contributed by atoms with Crippen molar-refractivity contribution in [1.29, 1.82) is 0 Å². The van der Waals surface area contributed by atoms with Crippen molar-refractivity contribution in [3.05, 3.63) is 53.1 Å². The molecule has 5 nitrogen and oxygen atoms in total. The maximum atomic E-state index is 12.2. The van der Waals surface area contributed by atoms with Gasteiger partial charge in [0.2, 0.25) is 0 Å². The molecule has 0 fully saturated rings. The van der Waals surface area contributed by atoms with E-state index in [0.29, 0.717) is 10.7 Å². The van der Waals surface area contributed by atoms with Gasteiger partial charge in [-0.05, 0) is 47.9 Å². The van der Waals surface area contributed by atoms with Crippen LogP contribution in [0.2, 0.25) is 5.02 Å². The van der Waals surface area contributed by atoms with Crippen molar-refractivity contribution in [3.8, 4) is 11.1 Å². The molecule has 2 amide bonds. The van der Waals surface area contributed by atoms with E-state index in [2.05, 4.69) is 5.32 Å². The predicted molar refractivity (Wildman–Crippen MR) is 100 cm³/mol. The highest BCUT2D eigenvalue weighted by molar-refractivity contribution is 6.30. The van der Waals surface area contributed by atoms with Gasteiger partial charge in [-0.25, -0.2) is 4.79 Å². The molecule has 0 aliphatic rings. The Bertz CT molecular complexity index is 792. The van der Waals surface area contributed by atoms with Gasteiger partial charge in [0.25, 0.3) is 0 Å². The predicted octanol–water partition coefficient (Wildman–Crippen LogP) is 4.50. The molecular formula is C19H21ClN2O3. The first-order valence-electron chi connectivity index (χ1n) is 7.89. The largest absolute Gasteiger partial charge is 0.481 e. The van der Waals surface area contributed by atoms with E-state index < -0.39 is 11.9 Å². The van der Waals surface area contributed by atoms with Gasteiger partial charge in [0.05, 0.1) is 5.92 Å². The fourth-order valence-electron chi connectivity index (χ4n) is 2.43. The summed E-state index contributed by atoms with van der Waals surface area (Å²) in [5, 5.41) is 12.4. The Labute approximate surface area is 152 Å². The number of carboxylic acid groups (broad SMARTS) is 1. The molecule has 0 aromatic heterocycles. The van der Waals surface area contributed by atoms with Gasteiger partial charge in [-0.3, -0.25) is 4.79 Å². The molecule has 0 spiro atoms. The molecule has 0 aliphatic heterocycles. The van der Waals surface area contributed by atoms with Crippen LogP contribution in [-0.2, 0) is 4.79 Å². The molecule has 2 aromatic carbocycles. The SMILES string of the molecule is Cc1cc(-c2cccc(Cl)c2)ccc1NC(=O)N(C)CC(C)C(=O)O. The lowest BCUT2D eigenvalue weighted by atomic mass is 10.0. The van der Waals surface area contributed by atoms with Crippen LogP contribution in [0.1, 0.15) is 12.5 Å². The fraction of sp³-hybridized carbons (Fsp3) is 0.263. The Morgan fingerprint density at radius 3 is 2.48 bits per heavy atom. The number of hydrogen-bond acceptors (Lipinski definition) is 2. The standard InChI is InChI=1S/C19H21ClN2O3/c1-12-9-15(14-5-4-6-16(20)10-14)7-8-17(12)21-19(25)22(3)11-13(2)18(23)24/h4-10,13H,11H2,1-3H3,(H,21,25)(H,23,24). The maximum absolute atomic E-state index is 12.2. The maximum Gasteiger partial charge on any atom is 0.321 e. The zero-order valence-electron chi connectivity index (χ0n) is 14.4. The highest BCUT2D eigenvalue weighted by Gasteiger charge is 2.17. The van der Waals surface area contributed by atoms with E-state index in [-0.39, 0.29) is 12.6 Å². The summed E-state index contributed by atoms with van der Waals surface area (Å²) in [7, 11) is 1.57. The second kappa shape index (κ2) is 8.03. The summed E-state index contributed by atoms with van der Waals surface area (Å²) < 4.78 is 0. The highest BCUT2D eigenvalue weighted by atomic mass is 35.5. The molecule has 0 aliphatic carbocycles. The van der Waals surface area contributed by atoms with Crippen LogP contribution in [0.15, 0.2) is 42.5 Å². The topological polar surface area (TPSA) is 69.6 Å². The molecular weight excluding hydrogens is 340 g/mol. The first-order valence-corrected chi connectivity index (χ1v) is 8.27. The molecule has 2 rings (SSSR count). The number of carboxylic acids is 1. The normalized spacial score (nSPS) is 11.7. The number of aryl methyl sites for hydroxylation is 1. The fourth-order valence-corrected chi connectivity index (χ4v) is 2.62. The van der Waals surface area contributed by atoms with Crippen LogP contribution in [0.25, 0.3) is 11.1 Å². The van der Waals surface area contributed by atoms with Crippen molar-refractivity contribution in [2.24, 2.45) is 5.92 Å². The summed E-state index contributed by atoms with van der Waals surface area (Å²) in [5.41, 5.74) is 3.60. The lowest BCUT2D eigenvalue weighted by molar-refractivity contribution is -0.141. The van der Waals surface area contributed by atoms with Crippen molar-refractivity contribution in [1.82, 2.24) is 4.90 Å². The number of nitrogens with one attached hydrogen (secondary N) is 1. The van der Waals surface area contributed by atoms with E-state index in [0.717, 1.165) is 16.7 Å². The Hall–Kier alpha value is -2.53. The molecule has 2 aromatic rings. The number of rotatable bonds is 5. The molecule has 0 bridgehead atoms. The Morgan fingerprint density at radius 2 is 1.88 bits per heavy atom. The van der Waals surface area contributed by atoms with Crippen LogP contribution in [0.4, 0.5) is 10.5 Å².